The number of hydrogen-bond donors (Lipinski definition) is 0. The van der Waals surface area contributed by atoms with Crippen LogP contribution in [0.4, 0.5) is 0 Å². The summed E-state index contributed by atoms with van der Waals surface area (Å²) in [7, 11) is 0. The first kappa shape index (κ1) is 10.9. The van der Waals surface area contributed by atoms with Gasteiger partial charge in [-0.3, -0.25) is 0 Å². The van der Waals surface area contributed by atoms with Crippen LogP contribution in [0.15, 0.2) is 39.5 Å². The normalized spacial score (nSPS) is 12.9. The minimum absolute atomic E-state index is 0.231. The molecule has 84 valence electrons. The van der Waals surface area contributed by atoms with Gasteiger partial charge in [0.05, 0.1) is 11.7 Å². The summed E-state index contributed by atoms with van der Waals surface area (Å²) in [5, 5.41) is 0.920. The Kier molecular flexibility index (Phi) is 3.06. The van der Waals surface area contributed by atoms with Gasteiger partial charge in [0.1, 0.15) is 5.58 Å². The predicted octanol–water partition coefficient (Wildman–Crippen LogP) is 2.89. The maximum Gasteiger partial charge on any atom is 0.342 e. The molecule has 1 unspecified atom stereocenters. The second kappa shape index (κ2) is 4.49. The summed E-state index contributed by atoms with van der Waals surface area (Å²) in [4.78, 5) is 11.7. The molecule has 0 N–H and O–H groups in total. The van der Waals surface area contributed by atoms with E-state index in [1.165, 1.54) is 0 Å². The molecule has 0 aliphatic carbocycles. The molecule has 1 heterocycles. The first-order chi connectivity index (χ1) is 7.72. The van der Waals surface area contributed by atoms with Gasteiger partial charge < -0.3 is 9.15 Å². The molecule has 0 saturated carbocycles. The lowest BCUT2D eigenvalue weighted by atomic mass is 10.1. The highest BCUT2D eigenvalue weighted by Crippen LogP contribution is 2.18. The molecular formula is C13H14O3. The molecule has 0 saturated heterocycles. The lowest BCUT2D eigenvalue weighted by Crippen LogP contribution is -2.12. The third-order valence-electron chi connectivity index (χ3n) is 2.52. The van der Waals surface area contributed by atoms with Gasteiger partial charge in [-0.1, -0.05) is 18.2 Å². The Morgan fingerprint density at radius 3 is 2.88 bits per heavy atom. The van der Waals surface area contributed by atoms with Crippen LogP contribution in [0.25, 0.3) is 11.0 Å². The number of benzene rings is 1. The van der Waals surface area contributed by atoms with Crippen molar-refractivity contribution in [3.63, 3.8) is 0 Å². The van der Waals surface area contributed by atoms with Crippen LogP contribution >= 0.6 is 0 Å². The van der Waals surface area contributed by atoms with E-state index >= 15 is 0 Å². The van der Waals surface area contributed by atoms with Crippen LogP contribution in [-0.2, 0) is 4.74 Å². The first-order valence-corrected chi connectivity index (χ1v) is 5.36. The summed E-state index contributed by atoms with van der Waals surface area (Å²) < 4.78 is 10.6. The van der Waals surface area contributed by atoms with Crippen LogP contribution in [0.2, 0.25) is 0 Å². The molecule has 1 aromatic heterocycles. The molecule has 2 rings (SSSR count). The molecule has 3 nitrogen and oxygen atoms in total. The third-order valence-corrected chi connectivity index (χ3v) is 2.52. The standard InChI is InChI=1S/C13H14O3/c1-3-15-9(2)11-8-10-6-4-5-7-12(10)16-13(11)14/h4-9H,3H2,1-2H3. The van der Waals surface area contributed by atoms with Crippen molar-refractivity contribution in [1.29, 1.82) is 0 Å². The van der Waals surface area contributed by atoms with Gasteiger partial charge in [-0.2, -0.15) is 0 Å². The SMILES string of the molecule is CCOC(C)c1cc2ccccc2oc1=O. The maximum atomic E-state index is 11.7. The molecule has 0 fully saturated rings. The Bertz CT molecular complexity index is 542. The van der Waals surface area contributed by atoms with Crippen LogP contribution < -0.4 is 5.63 Å². The highest BCUT2D eigenvalue weighted by molar-refractivity contribution is 5.76. The molecule has 16 heavy (non-hydrogen) atoms. The van der Waals surface area contributed by atoms with Gasteiger partial charge in [0.25, 0.3) is 0 Å². The van der Waals surface area contributed by atoms with Crippen molar-refractivity contribution in [1.82, 2.24) is 0 Å². The van der Waals surface area contributed by atoms with Crippen molar-refractivity contribution in [2.75, 3.05) is 6.61 Å². The molecule has 0 amide bonds. The van der Waals surface area contributed by atoms with Crippen LogP contribution in [0, 0.1) is 0 Å². The molecule has 0 aliphatic rings. The van der Waals surface area contributed by atoms with E-state index < -0.39 is 0 Å². The van der Waals surface area contributed by atoms with Crippen LogP contribution in [0.3, 0.4) is 0 Å². The van der Waals surface area contributed by atoms with Crippen LogP contribution in [0.5, 0.6) is 0 Å². The van der Waals surface area contributed by atoms with E-state index in [0.717, 1.165) is 5.39 Å². The smallest absolute Gasteiger partial charge is 0.342 e. The van der Waals surface area contributed by atoms with Crippen molar-refractivity contribution >= 4 is 11.0 Å². The van der Waals surface area contributed by atoms with Gasteiger partial charge in [-0.25, -0.2) is 4.79 Å². The zero-order valence-electron chi connectivity index (χ0n) is 9.40. The molecule has 1 atom stereocenters. The third kappa shape index (κ3) is 1.99. The summed E-state index contributed by atoms with van der Waals surface area (Å²) in [6.07, 6.45) is -0.231. The second-order valence-corrected chi connectivity index (χ2v) is 3.62. The Morgan fingerprint density at radius 2 is 2.12 bits per heavy atom. The van der Waals surface area contributed by atoms with Gasteiger partial charge >= 0.3 is 5.63 Å². The maximum absolute atomic E-state index is 11.7. The fourth-order valence-electron chi connectivity index (χ4n) is 1.70. The highest BCUT2D eigenvalue weighted by atomic mass is 16.5. The molecule has 0 bridgehead atoms. The number of para-hydroxylation sites is 1. The van der Waals surface area contributed by atoms with Crippen molar-refractivity contribution in [2.45, 2.75) is 20.0 Å². The Morgan fingerprint density at radius 1 is 1.38 bits per heavy atom. The number of ether oxygens (including phenoxy) is 1. The number of rotatable bonds is 3. The zero-order chi connectivity index (χ0) is 11.5. The zero-order valence-corrected chi connectivity index (χ0v) is 9.40. The lowest BCUT2D eigenvalue weighted by molar-refractivity contribution is 0.0741. The first-order valence-electron chi connectivity index (χ1n) is 5.36. The summed E-state index contributed by atoms with van der Waals surface area (Å²) >= 11 is 0. The Hall–Kier alpha value is -1.61. The van der Waals surface area contributed by atoms with E-state index in [1.807, 2.05) is 38.1 Å². The summed E-state index contributed by atoms with van der Waals surface area (Å²) in [5.74, 6) is 0. The van der Waals surface area contributed by atoms with Crippen LogP contribution in [0.1, 0.15) is 25.5 Å². The van der Waals surface area contributed by atoms with Gasteiger partial charge in [0, 0.05) is 12.0 Å². The van der Waals surface area contributed by atoms with E-state index in [1.54, 1.807) is 6.07 Å². The molecule has 2 aromatic rings. The number of fused-ring (bicyclic) bond motifs is 1. The van der Waals surface area contributed by atoms with E-state index in [0.29, 0.717) is 17.8 Å². The molecule has 0 spiro atoms. The highest BCUT2D eigenvalue weighted by Gasteiger charge is 2.12. The van der Waals surface area contributed by atoms with Gasteiger partial charge in [-0.05, 0) is 26.0 Å². The average Bonchev–Trinajstić information content (AvgIpc) is 2.28. The summed E-state index contributed by atoms with van der Waals surface area (Å²) in [5.41, 5.74) is 0.861. The van der Waals surface area contributed by atoms with Crippen molar-refractivity contribution in [3.05, 3.63) is 46.3 Å². The summed E-state index contributed by atoms with van der Waals surface area (Å²) in [6.45, 7) is 4.33. The van der Waals surface area contributed by atoms with Gasteiger partial charge in [-0.15, -0.1) is 0 Å². The van der Waals surface area contributed by atoms with E-state index in [4.69, 9.17) is 9.15 Å². The predicted molar refractivity (Wildman–Crippen MR) is 62.5 cm³/mol. The minimum Gasteiger partial charge on any atom is -0.422 e. The molecular weight excluding hydrogens is 204 g/mol. The molecule has 3 heteroatoms. The lowest BCUT2D eigenvalue weighted by Gasteiger charge is -2.10. The monoisotopic (exact) mass is 218 g/mol. The Balaban J connectivity index is 2.54. The largest absolute Gasteiger partial charge is 0.422 e. The van der Waals surface area contributed by atoms with Crippen molar-refractivity contribution < 1.29 is 9.15 Å². The fraction of sp³-hybridized carbons (Fsp3) is 0.308. The molecule has 0 aliphatic heterocycles. The quantitative estimate of drug-likeness (QED) is 0.743. The second-order valence-electron chi connectivity index (χ2n) is 3.62. The van der Waals surface area contributed by atoms with E-state index in [2.05, 4.69) is 0 Å². The Labute approximate surface area is 93.7 Å². The van der Waals surface area contributed by atoms with Crippen molar-refractivity contribution in [2.24, 2.45) is 0 Å². The number of hydrogen-bond acceptors (Lipinski definition) is 3. The van der Waals surface area contributed by atoms with Gasteiger partial charge in [0.2, 0.25) is 0 Å². The van der Waals surface area contributed by atoms with Crippen molar-refractivity contribution in [3.8, 4) is 0 Å². The summed E-state index contributed by atoms with van der Waals surface area (Å²) in [6, 6.07) is 9.29. The van der Waals surface area contributed by atoms with E-state index in [-0.39, 0.29) is 11.7 Å². The van der Waals surface area contributed by atoms with Gasteiger partial charge in [0.15, 0.2) is 0 Å². The topological polar surface area (TPSA) is 39.4 Å². The van der Waals surface area contributed by atoms with Crippen LogP contribution in [-0.4, -0.2) is 6.61 Å². The fourth-order valence-corrected chi connectivity index (χ4v) is 1.70. The minimum atomic E-state index is -0.320. The van der Waals surface area contributed by atoms with E-state index in [9.17, 15) is 4.79 Å². The molecule has 1 aromatic carbocycles. The average molecular weight is 218 g/mol. The molecule has 0 radical (unpaired) electrons.